The summed E-state index contributed by atoms with van der Waals surface area (Å²) in [7, 11) is 0. The van der Waals surface area contributed by atoms with Gasteiger partial charge in [0.15, 0.2) is 0 Å². The molecule has 4 aromatic heterocycles. The number of hydrogen-bond donors (Lipinski definition) is 0. The third kappa shape index (κ3) is 1.74. The van der Waals surface area contributed by atoms with Crippen molar-refractivity contribution in [1.82, 2.24) is 13.7 Å². The summed E-state index contributed by atoms with van der Waals surface area (Å²) < 4.78 is 8.82. The second-order valence-corrected chi connectivity index (χ2v) is 8.62. The second-order valence-electron chi connectivity index (χ2n) is 6.13. The summed E-state index contributed by atoms with van der Waals surface area (Å²) in [5, 5.41) is 2.24. The molecule has 0 saturated heterocycles. The van der Waals surface area contributed by atoms with Gasteiger partial charge in [-0.25, -0.2) is 0 Å². The Morgan fingerprint density at radius 3 is 2.75 bits per heavy atom. The minimum Gasteiger partial charge on any atom is -0.262 e. The molecule has 1 aliphatic carbocycles. The van der Waals surface area contributed by atoms with Crippen molar-refractivity contribution < 1.29 is 0 Å². The van der Waals surface area contributed by atoms with Crippen LogP contribution in [-0.2, 0) is 5.41 Å². The molecular formula is C18H15N3S3. The van der Waals surface area contributed by atoms with Gasteiger partial charge < -0.3 is 0 Å². The molecule has 0 amide bonds. The largest absolute Gasteiger partial charge is 0.262 e. The average Bonchev–Trinajstić information content (AvgIpc) is 3.36. The molecular weight excluding hydrogens is 354 g/mol. The number of pyridine rings is 1. The van der Waals surface area contributed by atoms with Gasteiger partial charge in [0.1, 0.15) is 11.0 Å². The van der Waals surface area contributed by atoms with Gasteiger partial charge in [-0.2, -0.15) is 8.75 Å². The van der Waals surface area contributed by atoms with Crippen molar-refractivity contribution in [2.75, 3.05) is 0 Å². The molecule has 0 aliphatic heterocycles. The van der Waals surface area contributed by atoms with Crippen molar-refractivity contribution in [3.05, 3.63) is 41.0 Å². The zero-order valence-electron chi connectivity index (χ0n) is 13.4. The van der Waals surface area contributed by atoms with Crippen molar-refractivity contribution in [2.24, 2.45) is 0 Å². The number of nitrogens with zero attached hydrogens (tertiary/aromatic N) is 3. The Kier molecular flexibility index (Phi) is 3.17. The van der Waals surface area contributed by atoms with E-state index >= 15 is 0 Å². The predicted molar refractivity (Wildman–Crippen MR) is 103 cm³/mol. The number of aromatic nitrogens is 3. The van der Waals surface area contributed by atoms with Gasteiger partial charge in [-0.1, -0.05) is 13.8 Å². The number of fused-ring (bicyclic) bond motifs is 4. The molecule has 0 saturated carbocycles. The predicted octanol–water partition coefficient (Wildman–Crippen LogP) is 5.96. The maximum absolute atomic E-state index is 4.49. The quantitative estimate of drug-likeness (QED) is 0.447. The fraction of sp³-hybridized carbons (Fsp3) is 0.278. The van der Waals surface area contributed by atoms with Crippen LogP contribution in [-0.4, -0.2) is 13.7 Å². The van der Waals surface area contributed by atoms with E-state index in [1.165, 1.54) is 37.5 Å². The molecule has 24 heavy (non-hydrogen) atoms. The molecule has 5 rings (SSSR count). The molecule has 0 N–H and O–H groups in total. The van der Waals surface area contributed by atoms with E-state index in [1.54, 1.807) is 6.20 Å². The molecule has 0 radical (unpaired) electrons. The number of thiophene rings is 2. The van der Waals surface area contributed by atoms with Crippen LogP contribution in [0.1, 0.15) is 37.8 Å². The molecule has 4 aromatic rings. The Morgan fingerprint density at radius 1 is 1.04 bits per heavy atom. The van der Waals surface area contributed by atoms with E-state index in [9.17, 15) is 0 Å². The third-order valence-electron chi connectivity index (χ3n) is 5.28. The lowest BCUT2D eigenvalue weighted by molar-refractivity contribution is 0.492. The number of hydrogen-bond acceptors (Lipinski definition) is 6. The number of rotatable bonds is 3. The first-order chi connectivity index (χ1) is 11.8. The van der Waals surface area contributed by atoms with Gasteiger partial charge in [-0.05, 0) is 41.5 Å². The molecule has 0 fully saturated rings. The van der Waals surface area contributed by atoms with E-state index in [-0.39, 0.29) is 5.41 Å². The molecule has 0 bridgehead atoms. The van der Waals surface area contributed by atoms with Crippen LogP contribution in [0.25, 0.3) is 31.2 Å². The van der Waals surface area contributed by atoms with Crippen molar-refractivity contribution in [2.45, 2.75) is 32.1 Å². The second kappa shape index (κ2) is 5.18. The topological polar surface area (TPSA) is 38.7 Å². The van der Waals surface area contributed by atoms with Gasteiger partial charge in [0.05, 0.1) is 17.9 Å². The van der Waals surface area contributed by atoms with E-state index in [4.69, 9.17) is 0 Å². The first-order valence-corrected chi connectivity index (χ1v) is 10.5. The summed E-state index contributed by atoms with van der Waals surface area (Å²) in [6, 6.07) is 4.71. The van der Waals surface area contributed by atoms with E-state index < -0.39 is 0 Å². The van der Waals surface area contributed by atoms with Crippen LogP contribution in [0.2, 0.25) is 0 Å². The fourth-order valence-corrected chi connectivity index (χ4v) is 6.93. The van der Waals surface area contributed by atoms with Gasteiger partial charge >= 0.3 is 0 Å². The molecule has 1 aliphatic rings. The normalized spacial score (nSPS) is 14.9. The van der Waals surface area contributed by atoms with Crippen LogP contribution in [0.15, 0.2) is 29.9 Å². The van der Waals surface area contributed by atoms with Gasteiger partial charge in [0.25, 0.3) is 0 Å². The lowest BCUT2D eigenvalue weighted by Gasteiger charge is -2.27. The van der Waals surface area contributed by atoms with Gasteiger partial charge in [0.2, 0.25) is 0 Å². The first-order valence-electron chi connectivity index (χ1n) is 8.07. The van der Waals surface area contributed by atoms with Crippen LogP contribution in [0, 0.1) is 0 Å². The van der Waals surface area contributed by atoms with Gasteiger partial charge in [-0.15, -0.1) is 22.7 Å². The van der Waals surface area contributed by atoms with Crippen molar-refractivity contribution in [3.63, 3.8) is 0 Å². The lowest BCUT2D eigenvalue weighted by atomic mass is 9.75. The van der Waals surface area contributed by atoms with Crippen LogP contribution in [0.3, 0.4) is 0 Å². The highest BCUT2D eigenvalue weighted by Crippen LogP contribution is 2.58. The smallest absolute Gasteiger partial charge is 0.123 e. The Morgan fingerprint density at radius 2 is 1.92 bits per heavy atom. The maximum Gasteiger partial charge on any atom is 0.123 e. The Hall–Kier alpha value is -1.63. The maximum atomic E-state index is 4.49. The Balaban J connectivity index is 1.78. The molecule has 120 valence electrons. The van der Waals surface area contributed by atoms with E-state index in [1.807, 2.05) is 28.9 Å². The molecule has 6 heteroatoms. The molecule has 3 nitrogen and oxygen atoms in total. The Labute approximate surface area is 152 Å². The molecule has 0 atom stereocenters. The third-order valence-corrected chi connectivity index (χ3v) is 8.07. The summed E-state index contributed by atoms with van der Waals surface area (Å²) in [5.74, 6) is 0. The van der Waals surface area contributed by atoms with Crippen LogP contribution in [0.4, 0.5) is 0 Å². The van der Waals surface area contributed by atoms with Crippen LogP contribution in [0.5, 0.6) is 0 Å². The SMILES string of the molecule is CCC1(CC)c2ccsc2-c2sc(-c3cncc4nsnc34)cc21. The highest BCUT2D eigenvalue weighted by Gasteiger charge is 2.43. The van der Waals surface area contributed by atoms with Crippen LogP contribution < -0.4 is 0 Å². The highest BCUT2D eigenvalue weighted by molar-refractivity contribution is 7.24. The van der Waals surface area contributed by atoms with E-state index in [0.717, 1.165) is 29.4 Å². The lowest BCUT2D eigenvalue weighted by Crippen LogP contribution is -2.22. The summed E-state index contributed by atoms with van der Waals surface area (Å²) in [4.78, 5) is 8.53. The average molecular weight is 370 g/mol. The minimum absolute atomic E-state index is 0.168. The summed E-state index contributed by atoms with van der Waals surface area (Å²) in [5.41, 5.74) is 6.16. The summed E-state index contributed by atoms with van der Waals surface area (Å²) >= 11 is 5.01. The summed E-state index contributed by atoms with van der Waals surface area (Å²) in [6.45, 7) is 4.62. The standard InChI is InChI=1S/C18H15N3S3/c1-3-18(4-2)11-5-6-22-16(11)17-12(18)7-14(23-17)10-8-19-9-13-15(10)21-24-20-13/h5-9H,3-4H2,1-2H3. The van der Waals surface area contributed by atoms with Crippen molar-refractivity contribution in [3.8, 4) is 20.2 Å². The first kappa shape index (κ1) is 14.7. The molecule has 4 heterocycles. The Bertz CT molecular complexity index is 1050. The highest BCUT2D eigenvalue weighted by atomic mass is 32.1. The van der Waals surface area contributed by atoms with Crippen LogP contribution >= 0.6 is 34.4 Å². The van der Waals surface area contributed by atoms with Crippen molar-refractivity contribution in [1.29, 1.82) is 0 Å². The van der Waals surface area contributed by atoms with Gasteiger partial charge in [-0.3, -0.25) is 4.98 Å². The fourth-order valence-electron chi connectivity index (χ4n) is 3.96. The monoisotopic (exact) mass is 369 g/mol. The van der Waals surface area contributed by atoms with Gasteiger partial charge in [0, 0.05) is 31.8 Å². The molecule has 0 aromatic carbocycles. The molecule has 0 spiro atoms. The summed E-state index contributed by atoms with van der Waals surface area (Å²) in [6.07, 6.45) is 6.00. The van der Waals surface area contributed by atoms with E-state index in [0.29, 0.717) is 0 Å². The molecule has 0 unspecified atom stereocenters. The van der Waals surface area contributed by atoms with Crippen molar-refractivity contribution >= 4 is 45.4 Å². The zero-order valence-corrected chi connectivity index (χ0v) is 15.8. The minimum atomic E-state index is 0.168. The zero-order chi connectivity index (χ0) is 16.3. The van der Waals surface area contributed by atoms with E-state index in [2.05, 4.69) is 45.1 Å².